The van der Waals surface area contributed by atoms with E-state index in [0.717, 1.165) is 0 Å². The van der Waals surface area contributed by atoms with Crippen LogP contribution in [-0.4, -0.2) is 19.2 Å². The summed E-state index contributed by atoms with van der Waals surface area (Å²) in [5.74, 6) is -0.399. The van der Waals surface area contributed by atoms with E-state index in [1.807, 2.05) is 0 Å². The Kier molecular flexibility index (Phi) is 5.97. The van der Waals surface area contributed by atoms with Crippen LogP contribution >= 0.6 is 12.4 Å². The number of halogens is 7. The normalized spacial score (nSPS) is 17.0. The van der Waals surface area contributed by atoms with Crippen LogP contribution in [-0.2, 0) is 12.4 Å². The van der Waals surface area contributed by atoms with Crippen molar-refractivity contribution in [3.05, 3.63) is 29.3 Å². The Morgan fingerprint density at radius 1 is 0.864 bits per heavy atom. The summed E-state index contributed by atoms with van der Waals surface area (Å²) in [6.45, 7) is 1.24. The van der Waals surface area contributed by atoms with Crippen molar-refractivity contribution in [3.8, 4) is 5.75 Å². The lowest BCUT2D eigenvalue weighted by Gasteiger charge is -2.24. The van der Waals surface area contributed by atoms with Crippen molar-refractivity contribution in [2.24, 2.45) is 0 Å². The first-order valence-electron chi connectivity index (χ1n) is 6.33. The Morgan fingerprint density at radius 2 is 1.32 bits per heavy atom. The van der Waals surface area contributed by atoms with E-state index in [9.17, 15) is 26.3 Å². The van der Waals surface area contributed by atoms with Crippen LogP contribution < -0.4 is 10.1 Å². The lowest BCUT2D eigenvalue weighted by molar-refractivity contribution is -0.143. The maximum absolute atomic E-state index is 12.7. The highest BCUT2D eigenvalue weighted by molar-refractivity contribution is 5.85. The van der Waals surface area contributed by atoms with Crippen molar-refractivity contribution in [1.29, 1.82) is 0 Å². The molecule has 126 valence electrons. The summed E-state index contributed by atoms with van der Waals surface area (Å²) in [6, 6.07) is 1.31. The summed E-state index contributed by atoms with van der Waals surface area (Å²) in [4.78, 5) is 0. The number of hydrogen-bond donors (Lipinski definition) is 1. The summed E-state index contributed by atoms with van der Waals surface area (Å²) in [6.07, 6.45) is -9.01. The molecule has 2 rings (SSSR count). The molecule has 1 aliphatic heterocycles. The van der Waals surface area contributed by atoms with Gasteiger partial charge in [0.25, 0.3) is 0 Å². The smallest absolute Gasteiger partial charge is 0.416 e. The van der Waals surface area contributed by atoms with Gasteiger partial charge in [0.15, 0.2) is 0 Å². The first kappa shape index (κ1) is 18.9. The maximum Gasteiger partial charge on any atom is 0.416 e. The van der Waals surface area contributed by atoms with Crippen LogP contribution in [0.25, 0.3) is 0 Å². The van der Waals surface area contributed by atoms with Gasteiger partial charge in [0.05, 0.1) is 11.1 Å². The second kappa shape index (κ2) is 6.95. The molecule has 0 aliphatic carbocycles. The average Bonchev–Trinajstić information content (AvgIpc) is 2.37. The second-order valence-corrected chi connectivity index (χ2v) is 4.81. The molecule has 0 radical (unpaired) electrons. The zero-order chi connectivity index (χ0) is 15.7. The van der Waals surface area contributed by atoms with Gasteiger partial charge < -0.3 is 10.1 Å². The molecule has 0 aromatic heterocycles. The first-order valence-corrected chi connectivity index (χ1v) is 6.33. The molecular formula is C13H14ClF6NO. The third-order valence-corrected chi connectivity index (χ3v) is 3.15. The van der Waals surface area contributed by atoms with Gasteiger partial charge in [-0.3, -0.25) is 0 Å². The van der Waals surface area contributed by atoms with Gasteiger partial charge in [-0.05, 0) is 44.1 Å². The molecule has 2 nitrogen and oxygen atoms in total. The molecule has 1 aromatic rings. The van der Waals surface area contributed by atoms with E-state index in [-0.39, 0.29) is 24.6 Å². The Balaban J connectivity index is 0.00000242. The minimum absolute atomic E-state index is 0. The lowest BCUT2D eigenvalue weighted by atomic mass is 10.1. The fraction of sp³-hybridized carbons (Fsp3) is 0.538. The van der Waals surface area contributed by atoms with Crippen LogP contribution in [0.15, 0.2) is 18.2 Å². The largest absolute Gasteiger partial charge is 0.490 e. The summed E-state index contributed by atoms with van der Waals surface area (Å²) in [7, 11) is 0. The second-order valence-electron chi connectivity index (χ2n) is 4.81. The molecule has 0 atom stereocenters. The Morgan fingerprint density at radius 3 is 1.73 bits per heavy atom. The maximum atomic E-state index is 12.7. The highest BCUT2D eigenvalue weighted by Gasteiger charge is 2.37. The lowest BCUT2D eigenvalue weighted by Crippen LogP contribution is -2.34. The molecule has 0 spiro atoms. The number of rotatable bonds is 2. The van der Waals surface area contributed by atoms with Crippen LogP contribution in [0.5, 0.6) is 5.75 Å². The van der Waals surface area contributed by atoms with Gasteiger partial charge in [-0.2, -0.15) is 26.3 Å². The van der Waals surface area contributed by atoms with E-state index in [1.165, 1.54) is 0 Å². The number of alkyl halides is 6. The van der Waals surface area contributed by atoms with Crippen LogP contribution in [0, 0.1) is 0 Å². The van der Waals surface area contributed by atoms with E-state index in [4.69, 9.17) is 4.74 Å². The topological polar surface area (TPSA) is 21.3 Å². The van der Waals surface area contributed by atoms with Crippen molar-refractivity contribution in [1.82, 2.24) is 5.32 Å². The minimum atomic E-state index is -4.85. The van der Waals surface area contributed by atoms with Gasteiger partial charge in [-0.25, -0.2) is 0 Å². The van der Waals surface area contributed by atoms with Gasteiger partial charge in [-0.1, -0.05) is 0 Å². The van der Waals surface area contributed by atoms with Crippen molar-refractivity contribution >= 4 is 12.4 Å². The van der Waals surface area contributed by atoms with Crippen molar-refractivity contribution in [2.75, 3.05) is 13.1 Å². The Hall–Kier alpha value is -1.15. The third kappa shape index (κ3) is 4.95. The molecule has 1 aromatic carbocycles. The fourth-order valence-electron chi connectivity index (χ4n) is 2.10. The van der Waals surface area contributed by atoms with E-state index < -0.39 is 29.2 Å². The molecule has 0 amide bonds. The summed E-state index contributed by atoms with van der Waals surface area (Å²) < 4.78 is 81.4. The average molecular weight is 350 g/mol. The molecule has 0 unspecified atom stereocenters. The zero-order valence-corrected chi connectivity index (χ0v) is 12.0. The summed E-state index contributed by atoms with van der Waals surface area (Å²) in [5, 5.41) is 3.03. The van der Waals surface area contributed by atoms with Gasteiger partial charge in [0.1, 0.15) is 11.9 Å². The van der Waals surface area contributed by atoms with Gasteiger partial charge in [0, 0.05) is 0 Å². The number of ether oxygens (including phenoxy) is 1. The molecule has 9 heteroatoms. The first-order chi connectivity index (χ1) is 9.66. The molecule has 1 fully saturated rings. The third-order valence-electron chi connectivity index (χ3n) is 3.15. The monoisotopic (exact) mass is 349 g/mol. The molecule has 1 saturated heterocycles. The van der Waals surface area contributed by atoms with E-state index in [1.54, 1.807) is 0 Å². The zero-order valence-electron chi connectivity index (χ0n) is 11.2. The van der Waals surface area contributed by atoms with E-state index in [0.29, 0.717) is 38.1 Å². The van der Waals surface area contributed by atoms with Crippen molar-refractivity contribution in [2.45, 2.75) is 31.3 Å². The predicted octanol–water partition coefficient (Wildman–Crippen LogP) is 4.28. The highest BCUT2D eigenvalue weighted by atomic mass is 35.5. The number of nitrogens with one attached hydrogen (secondary N) is 1. The van der Waals surface area contributed by atoms with Crippen LogP contribution in [0.2, 0.25) is 0 Å². The van der Waals surface area contributed by atoms with Crippen molar-refractivity contribution in [3.63, 3.8) is 0 Å². The van der Waals surface area contributed by atoms with Gasteiger partial charge in [0.2, 0.25) is 0 Å². The van der Waals surface area contributed by atoms with E-state index >= 15 is 0 Å². The standard InChI is InChI=1S/C13H13F6NO.ClH/c14-12(15,16)8-5-9(13(17,18)19)7-11(6-8)21-10-1-3-20-4-2-10;/h5-7,10,20H,1-4H2;1H. The number of hydrogen-bond acceptors (Lipinski definition) is 2. The predicted molar refractivity (Wildman–Crippen MR) is 70.2 cm³/mol. The van der Waals surface area contributed by atoms with E-state index in [2.05, 4.69) is 5.32 Å². The fourth-order valence-corrected chi connectivity index (χ4v) is 2.10. The van der Waals surface area contributed by atoms with Crippen molar-refractivity contribution < 1.29 is 31.1 Å². The SMILES string of the molecule is Cl.FC(F)(F)c1cc(OC2CCNCC2)cc(C(F)(F)F)c1. The van der Waals surface area contributed by atoms with Gasteiger partial charge in [-0.15, -0.1) is 12.4 Å². The molecule has 0 saturated carbocycles. The molecular weight excluding hydrogens is 336 g/mol. The molecule has 22 heavy (non-hydrogen) atoms. The minimum Gasteiger partial charge on any atom is -0.490 e. The molecule has 1 N–H and O–H groups in total. The summed E-state index contributed by atoms with van der Waals surface area (Å²) >= 11 is 0. The van der Waals surface area contributed by atoms with Crippen LogP contribution in [0.1, 0.15) is 24.0 Å². The van der Waals surface area contributed by atoms with Crippen LogP contribution in [0.4, 0.5) is 26.3 Å². The Bertz CT molecular complexity index is 464. The number of piperidine rings is 1. The summed E-state index contributed by atoms with van der Waals surface area (Å²) in [5.41, 5.74) is -2.72. The molecule has 1 heterocycles. The van der Waals surface area contributed by atoms with Crippen LogP contribution in [0.3, 0.4) is 0 Å². The highest BCUT2D eigenvalue weighted by Crippen LogP contribution is 2.38. The Labute approximate surface area is 129 Å². The number of benzene rings is 1. The molecule has 1 aliphatic rings. The quantitative estimate of drug-likeness (QED) is 0.805. The van der Waals surface area contributed by atoms with Gasteiger partial charge >= 0.3 is 12.4 Å². The molecule has 0 bridgehead atoms.